The molecule has 178 valence electrons. The largest absolute Gasteiger partial charge is 0.503 e. The minimum atomic E-state index is -1.07. The Kier molecular flexibility index (Phi) is 6.21. The Morgan fingerprint density at radius 3 is 2.66 bits per heavy atom. The fourth-order valence-electron chi connectivity index (χ4n) is 4.06. The van der Waals surface area contributed by atoms with Gasteiger partial charge in [0, 0.05) is 0 Å². The molecule has 3 unspecified atom stereocenters. The molecule has 0 saturated heterocycles. The Hall–Kier alpha value is -3.43. The summed E-state index contributed by atoms with van der Waals surface area (Å²) in [5.74, 6) is -2.88. The molecule has 0 bridgehead atoms. The van der Waals surface area contributed by atoms with Crippen LogP contribution in [0.5, 0.6) is 5.75 Å². The normalized spacial score (nSPS) is 23.3. The third-order valence-electron chi connectivity index (χ3n) is 5.71. The molecule has 2 aromatic carbocycles. The number of benzene rings is 2. The predicted octanol–water partition coefficient (Wildman–Crippen LogP) is 5.09. The molecule has 1 aliphatic carbocycles. The highest BCUT2D eigenvalue weighted by molar-refractivity contribution is 8.14. The second-order valence-corrected chi connectivity index (χ2v) is 9.48. The van der Waals surface area contributed by atoms with E-state index in [9.17, 15) is 23.5 Å². The highest BCUT2D eigenvalue weighted by Crippen LogP contribution is 2.43. The standard InChI is InChI=1S/C25H17ClF2N2O4S/c26-16-3-1-2-4-19(16)34-12-18(31)21-22(13-5-7-14(27)8-6-13)30(24(33)23(21)32)25-29-17-10-9-15(28)11-20(17)35-25/h1-11,17,20,22,32H,12H2. The Balaban J connectivity index is 1.49. The number of rotatable bonds is 5. The van der Waals surface area contributed by atoms with Gasteiger partial charge in [0.05, 0.1) is 27.9 Å². The first-order valence-corrected chi connectivity index (χ1v) is 11.8. The number of fused-ring (bicyclic) bond motifs is 1. The van der Waals surface area contributed by atoms with E-state index in [0.717, 1.165) is 11.8 Å². The van der Waals surface area contributed by atoms with Crippen molar-refractivity contribution in [2.24, 2.45) is 4.99 Å². The molecule has 0 radical (unpaired) electrons. The molecule has 6 nitrogen and oxygen atoms in total. The summed E-state index contributed by atoms with van der Waals surface area (Å²) in [5, 5.41) is 10.9. The molecule has 0 spiro atoms. The van der Waals surface area contributed by atoms with E-state index in [4.69, 9.17) is 16.3 Å². The minimum absolute atomic E-state index is 0.205. The van der Waals surface area contributed by atoms with Crippen molar-refractivity contribution in [3.05, 3.63) is 100 Å². The second-order valence-electron chi connectivity index (χ2n) is 7.93. The second kappa shape index (κ2) is 9.31. The van der Waals surface area contributed by atoms with Crippen molar-refractivity contribution in [1.29, 1.82) is 0 Å². The molecule has 2 aliphatic heterocycles. The zero-order valence-electron chi connectivity index (χ0n) is 17.9. The van der Waals surface area contributed by atoms with Crippen LogP contribution in [0.1, 0.15) is 11.6 Å². The summed E-state index contributed by atoms with van der Waals surface area (Å²) in [4.78, 5) is 32.1. The fraction of sp³-hybridized carbons (Fsp3) is 0.160. The number of hydrogen-bond donors (Lipinski definition) is 1. The molecule has 5 rings (SSSR count). The van der Waals surface area contributed by atoms with Crippen molar-refractivity contribution in [3.63, 3.8) is 0 Å². The molecule has 10 heteroatoms. The summed E-state index contributed by atoms with van der Waals surface area (Å²) in [5.41, 5.74) is 0.185. The molecular formula is C25H17ClF2N2O4S. The number of carbonyl (C=O) groups is 2. The van der Waals surface area contributed by atoms with E-state index in [1.54, 1.807) is 30.3 Å². The van der Waals surface area contributed by atoms with Crippen LogP contribution >= 0.6 is 23.4 Å². The number of amidine groups is 1. The van der Waals surface area contributed by atoms with Gasteiger partial charge in [-0.2, -0.15) is 0 Å². The van der Waals surface area contributed by atoms with Gasteiger partial charge < -0.3 is 9.84 Å². The first-order chi connectivity index (χ1) is 16.8. The third kappa shape index (κ3) is 4.37. The number of para-hydroxylation sites is 1. The van der Waals surface area contributed by atoms with Gasteiger partial charge in [-0.15, -0.1) is 0 Å². The van der Waals surface area contributed by atoms with Crippen LogP contribution in [0.4, 0.5) is 8.78 Å². The van der Waals surface area contributed by atoms with Gasteiger partial charge in [-0.05, 0) is 42.0 Å². The monoisotopic (exact) mass is 514 g/mol. The number of aliphatic imine (C=N–C) groups is 1. The molecular weight excluding hydrogens is 498 g/mol. The number of hydrogen-bond acceptors (Lipinski definition) is 6. The first-order valence-electron chi connectivity index (χ1n) is 10.6. The van der Waals surface area contributed by atoms with Crippen LogP contribution in [0.15, 0.2) is 88.9 Å². The molecule has 1 N–H and O–H groups in total. The topological polar surface area (TPSA) is 79.2 Å². The van der Waals surface area contributed by atoms with Crippen molar-refractivity contribution in [3.8, 4) is 5.75 Å². The lowest BCUT2D eigenvalue weighted by molar-refractivity contribution is -0.125. The number of aliphatic hydroxyl groups is 1. The molecule has 0 saturated carbocycles. The number of thioether (sulfide) groups is 1. The predicted molar refractivity (Wildman–Crippen MR) is 129 cm³/mol. The van der Waals surface area contributed by atoms with Crippen molar-refractivity contribution in [2.75, 3.05) is 6.61 Å². The van der Waals surface area contributed by atoms with Crippen LogP contribution in [0.25, 0.3) is 0 Å². The Morgan fingerprint density at radius 1 is 1.17 bits per heavy atom. The zero-order chi connectivity index (χ0) is 24.7. The number of nitrogens with zero attached hydrogens (tertiary/aromatic N) is 2. The molecule has 0 fully saturated rings. The van der Waals surface area contributed by atoms with Crippen LogP contribution in [-0.2, 0) is 9.59 Å². The van der Waals surface area contributed by atoms with Crippen molar-refractivity contribution in [1.82, 2.24) is 4.90 Å². The Bertz CT molecular complexity index is 1340. The highest BCUT2D eigenvalue weighted by Gasteiger charge is 2.48. The van der Waals surface area contributed by atoms with Gasteiger partial charge in [0.1, 0.15) is 17.4 Å². The van der Waals surface area contributed by atoms with Gasteiger partial charge in [0.25, 0.3) is 5.91 Å². The molecule has 3 atom stereocenters. The van der Waals surface area contributed by atoms with E-state index in [-0.39, 0.29) is 21.7 Å². The highest BCUT2D eigenvalue weighted by atomic mass is 35.5. The number of allylic oxidation sites excluding steroid dienone is 2. The van der Waals surface area contributed by atoms with Gasteiger partial charge in [-0.1, -0.05) is 53.7 Å². The van der Waals surface area contributed by atoms with Crippen LogP contribution in [-0.4, -0.2) is 44.8 Å². The summed E-state index contributed by atoms with van der Waals surface area (Å²) >= 11 is 7.23. The van der Waals surface area contributed by atoms with Crippen LogP contribution in [0.3, 0.4) is 0 Å². The van der Waals surface area contributed by atoms with E-state index in [1.165, 1.54) is 41.3 Å². The maximum atomic E-state index is 13.7. The van der Waals surface area contributed by atoms with Gasteiger partial charge in [-0.25, -0.2) is 8.78 Å². The van der Waals surface area contributed by atoms with Gasteiger partial charge in [0.2, 0.25) is 5.78 Å². The van der Waals surface area contributed by atoms with E-state index in [2.05, 4.69) is 4.99 Å². The Labute approximate surface area is 208 Å². The van der Waals surface area contributed by atoms with E-state index < -0.39 is 47.8 Å². The third-order valence-corrected chi connectivity index (χ3v) is 7.22. The lowest BCUT2D eigenvalue weighted by Gasteiger charge is -2.26. The average Bonchev–Trinajstić information content (AvgIpc) is 3.36. The molecule has 1 amide bonds. The van der Waals surface area contributed by atoms with Crippen LogP contribution in [0, 0.1) is 5.82 Å². The summed E-state index contributed by atoms with van der Waals surface area (Å²) < 4.78 is 32.9. The SMILES string of the molecule is O=C(COc1ccccc1Cl)C1=C(O)C(=O)N(C2=NC3C=CC(F)=CC3S2)C1c1ccc(F)cc1. The Morgan fingerprint density at radius 2 is 1.91 bits per heavy atom. The number of aliphatic hydroxyl groups excluding tert-OH is 1. The minimum Gasteiger partial charge on any atom is -0.503 e. The summed E-state index contributed by atoms with van der Waals surface area (Å²) in [6.45, 7) is -0.497. The number of carbonyl (C=O) groups excluding carboxylic acids is 2. The number of halogens is 3. The molecule has 2 heterocycles. The van der Waals surface area contributed by atoms with E-state index in [0.29, 0.717) is 10.6 Å². The van der Waals surface area contributed by atoms with E-state index in [1.807, 2.05) is 0 Å². The summed E-state index contributed by atoms with van der Waals surface area (Å²) in [6, 6.07) is 10.3. The molecule has 35 heavy (non-hydrogen) atoms. The molecule has 0 aromatic heterocycles. The van der Waals surface area contributed by atoms with Crippen molar-refractivity contribution < 1.29 is 28.2 Å². The van der Waals surface area contributed by atoms with Crippen LogP contribution < -0.4 is 4.74 Å². The number of ketones is 1. The van der Waals surface area contributed by atoms with Crippen molar-refractivity contribution >= 4 is 40.2 Å². The van der Waals surface area contributed by atoms with Crippen LogP contribution in [0.2, 0.25) is 5.02 Å². The first kappa shape index (κ1) is 23.3. The lowest BCUT2D eigenvalue weighted by atomic mass is 9.96. The molecule has 3 aliphatic rings. The zero-order valence-corrected chi connectivity index (χ0v) is 19.5. The van der Waals surface area contributed by atoms with Crippen molar-refractivity contribution in [2.45, 2.75) is 17.3 Å². The number of ether oxygens (including phenoxy) is 1. The summed E-state index contributed by atoms with van der Waals surface area (Å²) in [7, 11) is 0. The van der Waals surface area contributed by atoms with Gasteiger partial charge in [-0.3, -0.25) is 19.5 Å². The quantitative estimate of drug-likeness (QED) is 0.601. The average molecular weight is 515 g/mol. The molecule has 2 aromatic rings. The van der Waals surface area contributed by atoms with Gasteiger partial charge in [0.15, 0.2) is 17.5 Å². The van der Waals surface area contributed by atoms with E-state index >= 15 is 0 Å². The maximum absolute atomic E-state index is 13.7. The number of amides is 1. The maximum Gasteiger partial charge on any atom is 0.296 e. The number of Topliss-reactive ketones (excluding diaryl/α,β-unsaturated/α-hetero) is 1. The smallest absolute Gasteiger partial charge is 0.296 e. The fourth-order valence-corrected chi connectivity index (χ4v) is 5.47. The van der Waals surface area contributed by atoms with Gasteiger partial charge >= 0.3 is 0 Å². The summed E-state index contributed by atoms with van der Waals surface area (Å²) in [6.07, 6.45) is 4.29. The lowest BCUT2D eigenvalue weighted by Crippen LogP contribution is -2.35.